The van der Waals surface area contributed by atoms with Gasteiger partial charge in [0.25, 0.3) is 0 Å². The fourth-order valence-corrected chi connectivity index (χ4v) is 12.8. The molecule has 0 atom stereocenters. The van der Waals surface area contributed by atoms with Gasteiger partial charge in [-0.15, -0.1) is 0 Å². The molecule has 2 heteroatoms. The Bertz CT molecular complexity index is 1490. The first kappa shape index (κ1) is 26.0. The normalized spacial score (nSPS) is 11.3. The molecule has 0 fully saturated rings. The van der Waals surface area contributed by atoms with Crippen molar-refractivity contribution >= 4 is 56.5 Å². The predicted octanol–water partition coefficient (Wildman–Crippen LogP) is 6.33. The van der Waals surface area contributed by atoms with Crippen LogP contribution < -0.4 is 31.8 Å². The summed E-state index contributed by atoms with van der Waals surface area (Å²) in [5.74, 6) is 0. The Kier molecular flexibility index (Phi) is 7.71. The minimum atomic E-state index is -2.34. The average molecular weight is 549 g/mol. The molecule has 0 nitrogen and oxygen atoms in total. The Balaban J connectivity index is 1.96. The number of hydrogen-bond donors (Lipinski definition) is 0. The predicted molar refractivity (Wildman–Crippen MR) is 180 cm³/mol. The van der Waals surface area contributed by atoms with Gasteiger partial charge in [0.05, 0.1) is 0 Å². The number of rotatable bonds is 6. The minimum absolute atomic E-state index is 1.27. The van der Waals surface area contributed by atoms with Gasteiger partial charge in [-0.05, 0) is 31.8 Å². The van der Waals surface area contributed by atoms with Crippen LogP contribution in [0.25, 0.3) is 0 Å². The Morgan fingerprint density at radius 1 is 0.225 bits per heavy atom. The van der Waals surface area contributed by atoms with Gasteiger partial charge in [0.2, 0.25) is 0 Å². The zero-order valence-electron chi connectivity index (χ0n) is 22.2. The van der Waals surface area contributed by atoms with Gasteiger partial charge in [0.1, 0.15) is 0 Å². The van der Waals surface area contributed by atoms with E-state index < -0.39 is 13.8 Å². The minimum Gasteiger partial charge on any atom is -0.0626 e. The van der Waals surface area contributed by atoms with Crippen LogP contribution in [-0.4, -0.2) is 10.9 Å². The third-order valence-corrected chi connectivity index (χ3v) is 14.8. The van der Waals surface area contributed by atoms with Crippen LogP contribution in [0.1, 0.15) is 0 Å². The van der Waals surface area contributed by atoms with Crippen molar-refractivity contribution in [3.8, 4) is 0 Å². The second-order valence-electron chi connectivity index (χ2n) is 9.58. The van der Waals surface area contributed by atoms with Crippen LogP contribution in [0.5, 0.6) is 0 Å². The first-order chi connectivity index (χ1) is 19.8. The van der Waals surface area contributed by atoms with Crippen LogP contribution in [0.4, 0.5) is 0 Å². The van der Waals surface area contributed by atoms with Gasteiger partial charge in [0, 0.05) is 13.8 Å². The number of benzene rings is 6. The summed E-state index contributed by atoms with van der Waals surface area (Å²) in [5, 5.41) is 7.62. The molecule has 0 saturated carbocycles. The Labute approximate surface area is 237 Å². The van der Waals surface area contributed by atoms with Gasteiger partial charge in [-0.1, -0.05) is 193 Å². The molecule has 0 saturated heterocycles. The first-order valence-corrected chi connectivity index (χ1v) is 17.1. The van der Waals surface area contributed by atoms with Crippen LogP contribution >= 0.6 is 13.8 Å². The van der Waals surface area contributed by atoms with E-state index in [0.717, 1.165) is 0 Å². The van der Waals surface area contributed by atoms with Gasteiger partial charge in [-0.3, -0.25) is 0 Å². The maximum atomic E-state index is 4.13. The van der Waals surface area contributed by atoms with Gasteiger partial charge in [-0.25, -0.2) is 0 Å². The van der Waals surface area contributed by atoms with Crippen LogP contribution in [-0.2, 0) is 0 Å². The van der Waals surface area contributed by atoms with E-state index in [1.54, 1.807) is 0 Å². The summed E-state index contributed by atoms with van der Waals surface area (Å²) in [4.78, 5) is 0. The van der Waals surface area contributed by atoms with Crippen molar-refractivity contribution in [1.29, 1.82) is 0 Å². The quantitative estimate of drug-likeness (QED) is 0.213. The molecule has 0 N–H and O–H groups in total. The zero-order valence-corrected chi connectivity index (χ0v) is 24.0. The van der Waals surface area contributed by atoms with E-state index >= 15 is 0 Å². The molecule has 0 bridgehead atoms. The average Bonchev–Trinajstić information content (AvgIpc) is 3.06. The molecule has 0 amide bonds. The van der Waals surface area contributed by atoms with E-state index in [9.17, 15) is 0 Å². The van der Waals surface area contributed by atoms with E-state index in [-0.39, 0.29) is 0 Å². The molecule has 0 radical (unpaired) electrons. The molecule has 6 aromatic carbocycles. The zero-order chi connectivity index (χ0) is 27.1. The summed E-state index contributed by atoms with van der Waals surface area (Å²) < 4.78 is 0. The van der Waals surface area contributed by atoms with Crippen molar-refractivity contribution in [1.82, 2.24) is 0 Å². The highest BCUT2D eigenvalue weighted by molar-refractivity contribution is 7.98. The maximum absolute atomic E-state index is 4.13. The molecular formula is C38H30P2. The van der Waals surface area contributed by atoms with Gasteiger partial charge in [0.15, 0.2) is 0 Å². The smallest absolute Gasteiger partial charge is 0.0256 e. The van der Waals surface area contributed by atoms with Gasteiger partial charge < -0.3 is 0 Å². The van der Waals surface area contributed by atoms with Crippen molar-refractivity contribution in [3.63, 3.8) is 0 Å². The van der Waals surface area contributed by atoms with Gasteiger partial charge in [-0.2, -0.15) is 0 Å². The van der Waals surface area contributed by atoms with Gasteiger partial charge >= 0.3 is 0 Å². The fourth-order valence-electron chi connectivity index (χ4n) is 5.34. The van der Waals surface area contributed by atoms with E-state index in [4.69, 9.17) is 0 Å². The van der Waals surface area contributed by atoms with Crippen LogP contribution in [0.3, 0.4) is 0 Å². The van der Waals surface area contributed by atoms with E-state index in [1.807, 2.05) is 0 Å². The lowest BCUT2D eigenvalue weighted by atomic mass is 10.4. The Morgan fingerprint density at radius 2 is 0.375 bits per heavy atom. The van der Waals surface area contributed by atoms with Crippen molar-refractivity contribution in [2.24, 2.45) is 0 Å². The molecule has 0 aliphatic heterocycles. The molecule has 192 valence electrons. The highest BCUT2D eigenvalue weighted by Crippen LogP contribution is 2.45. The van der Waals surface area contributed by atoms with Crippen molar-refractivity contribution < 1.29 is 0 Å². The summed E-state index contributed by atoms with van der Waals surface area (Å²) in [6.07, 6.45) is 0. The van der Waals surface area contributed by atoms with Crippen molar-refractivity contribution in [3.05, 3.63) is 182 Å². The highest BCUT2D eigenvalue weighted by atomic mass is 31.2. The molecular weight excluding hydrogens is 518 g/mol. The SMILES string of the molecule is C(=C=P(c1ccccc1)(c1ccccc1)c1ccccc1)=P(c1ccccc1)(c1ccccc1)c1ccccc1. The van der Waals surface area contributed by atoms with Crippen molar-refractivity contribution in [2.45, 2.75) is 0 Å². The van der Waals surface area contributed by atoms with E-state index in [0.29, 0.717) is 0 Å². The second kappa shape index (κ2) is 11.9. The van der Waals surface area contributed by atoms with Crippen LogP contribution in [0.2, 0.25) is 0 Å². The lowest BCUT2D eigenvalue weighted by molar-refractivity contribution is 1.73. The summed E-state index contributed by atoms with van der Waals surface area (Å²) in [6, 6.07) is 65.4. The van der Waals surface area contributed by atoms with E-state index in [2.05, 4.69) is 193 Å². The third-order valence-electron chi connectivity index (χ3n) is 7.25. The molecule has 40 heavy (non-hydrogen) atoms. The monoisotopic (exact) mass is 548 g/mol. The fraction of sp³-hybridized carbons (Fsp3) is 0. The standard InChI is InChI=1S/C38H30P2/c1-7-19-33(20-8-1)39(34-21-9-2-10-22-34,35-23-11-3-12-24-35)31-32-40(36-25-13-4-14-26-36,37-27-15-5-16-28-37)38-29-17-6-18-30-38/h1-30H. The van der Waals surface area contributed by atoms with Crippen LogP contribution in [0, 0.1) is 0 Å². The second-order valence-corrected chi connectivity index (χ2v) is 15.8. The summed E-state index contributed by atoms with van der Waals surface area (Å²) >= 11 is 0. The lowest BCUT2D eigenvalue weighted by Crippen LogP contribution is -2.27. The van der Waals surface area contributed by atoms with Crippen molar-refractivity contribution in [2.75, 3.05) is 0 Å². The first-order valence-electron chi connectivity index (χ1n) is 13.5. The highest BCUT2D eigenvalue weighted by Gasteiger charge is 2.27. The molecule has 6 rings (SSSR count). The Hall–Kier alpha value is -4.26. The largest absolute Gasteiger partial charge is 0.0626 e. The van der Waals surface area contributed by atoms with E-state index in [1.165, 1.54) is 31.8 Å². The molecule has 0 heterocycles. The molecule has 0 aliphatic carbocycles. The lowest BCUT2D eigenvalue weighted by Gasteiger charge is -2.27. The Morgan fingerprint density at radius 3 is 0.525 bits per heavy atom. The summed E-state index contributed by atoms with van der Waals surface area (Å²) in [5.41, 5.74) is 8.26. The number of hydrogen-bond acceptors (Lipinski definition) is 0. The maximum Gasteiger partial charge on any atom is 0.0256 e. The molecule has 0 aromatic heterocycles. The molecule has 0 unspecified atom stereocenters. The topological polar surface area (TPSA) is 0 Å². The molecule has 0 aliphatic rings. The molecule has 6 aromatic rings. The molecule has 0 spiro atoms. The summed E-state index contributed by atoms with van der Waals surface area (Å²) in [6.45, 7) is -4.69. The summed E-state index contributed by atoms with van der Waals surface area (Å²) in [7, 11) is 0. The third kappa shape index (κ3) is 4.81. The van der Waals surface area contributed by atoms with Crippen LogP contribution in [0.15, 0.2) is 182 Å².